The molecule has 0 radical (unpaired) electrons. The first-order chi connectivity index (χ1) is 14.6. The summed E-state index contributed by atoms with van der Waals surface area (Å²) in [6.07, 6.45) is 1.62. The van der Waals surface area contributed by atoms with Crippen LogP contribution in [0.25, 0.3) is 0 Å². The monoisotopic (exact) mass is 408 g/mol. The van der Waals surface area contributed by atoms with Gasteiger partial charge in [-0.3, -0.25) is 9.79 Å². The molecule has 1 amide bonds. The zero-order valence-corrected chi connectivity index (χ0v) is 18.2. The van der Waals surface area contributed by atoms with Crippen LogP contribution in [0.2, 0.25) is 0 Å². The van der Waals surface area contributed by atoms with E-state index in [1.165, 1.54) is 16.7 Å². The highest BCUT2D eigenvalue weighted by molar-refractivity contribution is 5.80. The van der Waals surface area contributed by atoms with Crippen molar-refractivity contribution in [1.82, 2.24) is 15.5 Å². The minimum Gasteiger partial charge on any atom is -0.494 e. The van der Waals surface area contributed by atoms with E-state index in [1.807, 2.05) is 24.0 Å². The lowest BCUT2D eigenvalue weighted by atomic mass is 10.1. The molecule has 0 aliphatic carbocycles. The number of carbonyl (C=O) groups excluding carboxylic acids is 1. The van der Waals surface area contributed by atoms with Crippen molar-refractivity contribution in [2.24, 2.45) is 4.99 Å². The standard InChI is InChI=1S/C24H32N4O2/c1-4-30-22-14-18(2)11-12-20(22)16-27-24(25-3)26-15-19-8-5-6-9-21(19)17-28-13-7-10-23(28)29/h5-6,8-9,11-12,14H,4,7,10,13,15-17H2,1-3H3,(H2,25,26,27). The molecule has 1 aliphatic rings. The molecule has 6 nitrogen and oxygen atoms in total. The topological polar surface area (TPSA) is 66.0 Å². The summed E-state index contributed by atoms with van der Waals surface area (Å²) in [5.41, 5.74) is 4.62. The van der Waals surface area contributed by atoms with Crippen molar-refractivity contribution in [3.8, 4) is 5.75 Å². The van der Waals surface area contributed by atoms with Crippen molar-refractivity contribution in [3.63, 3.8) is 0 Å². The Morgan fingerprint density at radius 2 is 1.83 bits per heavy atom. The summed E-state index contributed by atoms with van der Waals surface area (Å²) in [5.74, 6) is 1.88. The molecule has 1 heterocycles. The molecule has 2 aromatic rings. The molecule has 0 aromatic heterocycles. The molecule has 6 heteroatoms. The Morgan fingerprint density at radius 3 is 2.50 bits per heavy atom. The maximum Gasteiger partial charge on any atom is 0.222 e. The number of aryl methyl sites for hydroxylation is 1. The first kappa shape index (κ1) is 21.7. The predicted molar refractivity (Wildman–Crippen MR) is 120 cm³/mol. The number of benzene rings is 2. The van der Waals surface area contributed by atoms with E-state index < -0.39 is 0 Å². The smallest absolute Gasteiger partial charge is 0.222 e. The van der Waals surface area contributed by atoms with Crippen molar-refractivity contribution in [2.75, 3.05) is 20.2 Å². The Bertz CT molecular complexity index is 895. The van der Waals surface area contributed by atoms with E-state index in [4.69, 9.17) is 4.74 Å². The minimum absolute atomic E-state index is 0.249. The first-order valence-corrected chi connectivity index (χ1v) is 10.6. The van der Waals surface area contributed by atoms with Crippen LogP contribution < -0.4 is 15.4 Å². The summed E-state index contributed by atoms with van der Waals surface area (Å²) in [4.78, 5) is 18.3. The van der Waals surface area contributed by atoms with Gasteiger partial charge in [0.25, 0.3) is 0 Å². The van der Waals surface area contributed by atoms with E-state index in [9.17, 15) is 4.79 Å². The Kier molecular flexibility index (Phi) is 7.71. The van der Waals surface area contributed by atoms with Crippen LogP contribution in [0.3, 0.4) is 0 Å². The first-order valence-electron chi connectivity index (χ1n) is 10.6. The summed E-state index contributed by atoms with van der Waals surface area (Å²) in [5, 5.41) is 6.76. The van der Waals surface area contributed by atoms with Gasteiger partial charge in [0.1, 0.15) is 5.75 Å². The van der Waals surface area contributed by atoms with Crippen molar-refractivity contribution in [3.05, 3.63) is 64.7 Å². The summed E-state index contributed by atoms with van der Waals surface area (Å²) in [6, 6.07) is 14.5. The van der Waals surface area contributed by atoms with Gasteiger partial charge in [-0.05, 0) is 43.0 Å². The number of carbonyl (C=O) groups is 1. The number of nitrogens with one attached hydrogen (secondary N) is 2. The highest BCUT2D eigenvalue weighted by Crippen LogP contribution is 2.20. The molecule has 1 aliphatic heterocycles. The van der Waals surface area contributed by atoms with Gasteiger partial charge >= 0.3 is 0 Å². The second kappa shape index (κ2) is 10.7. The average Bonchev–Trinajstić information content (AvgIpc) is 3.15. The zero-order chi connectivity index (χ0) is 21.3. The van der Waals surface area contributed by atoms with E-state index >= 15 is 0 Å². The van der Waals surface area contributed by atoms with Gasteiger partial charge in [-0.15, -0.1) is 0 Å². The van der Waals surface area contributed by atoms with Gasteiger partial charge in [0, 0.05) is 45.2 Å². The number of amides is 1. The summed E-state index contributed by atoms with van der Waals surface area (Å²) in [7, 11) is 1.77. The van der Waals surface area contributed by atoms with Gasteiger partial charge in [-0.2, -0.15) is 0 Å². The van der Waals surface area contributed by atoms with E-state index in [-0.39, 0.29) is 5.91 Å². The van der Waals surface area contributed by atoms with Crippen molar-refractivity contribution in [2.45, 2.75) is 46.3 Å². The number of likely N-dealkylation sites (tertiary alicyclic amines) is 1. The van der Waals surface area contributed by atoms with Crippen LogP contribution in [0, 0.1) is 6.92 Å². The second-order valence-corrected chi connectivity index (χ2v) is 7.51. The molecule has 160 valence electrons. The molecule has 0 atom stereocenters. The van der Waals surface area contributed by atoms with Gasteiger partial charge in [0.15, 0.2) is 5.96 Å². The number of ether oxygens (including phenoxy) is 1. The number of aliphatic imine (C=N–C) groups is 1. The molecule has 0 spiro atoms. The van der Waals surface area contributed by atoms with Crippen molar-refractivity contribution < 1.29 is 9.53 Å². The maximum atomic E-state index is 12.0. The molecule has 2 aromatic carbocycles. The Balaban J connectivity index is 1.59. The molecule has 30 heavy (non-hydrogen) atoms. The molecule has 1 saturated heterocycles. The van der Waals surface area contributed by atoms with Gasteiger partial charge in [0.05, 0.1) is 6.61 Å². The summed E-state index contributed by atoms with van der Waals surface area (Å²) >= 11 is 0. The average molecular weight is 409 g/mol. The highest BCUT2D eigenvalue weighted by atomic mass is 16.5. The van der Waals surface area contributed by atoms with E-state index in [0.717, 1.165) is 30.2 Å². The van der Waals surface area contributed by atoms with Crippen LogP contribution in [0.15, 0.2) is 47.5 Å². The molecular formula is C24H32N4O2. The third-order valence-electron chi connectivity index (χ3n) is 5.29. The fourth-order valence-electron chi connectivity index (χ4n) is 3.64. The van der Waals surface area contributed by atoms with E-state index in [0.29, 0.717) is 32.7 Å². The van der Waals surface area contributed by atoms with E-state index in [1.54, 1.807) is 7.05 Å². The molecule has 0 unspecified atom stereocenters. The predicted octanol–water partition coefficient (Wildman–Crippen LogP) is 3.38. The molecule has 3 rings (SSSR count). The number of guanidine groups is 1. The number of hydrogen-bond donors (Lipinski definition) is 2. The lowest BCUT2D eigenvalue weighted by Gasteiger charge is -2.19. The summed E-state index contributed by atoms with van der Waals surface area (Å²) < 4.78 is 5.77. The van der Waals surface area contributed by atoms with Gasteiger partial charge in [0.2, 0.25) is 5.91 Å². The zero-order valence-electron chi connectivity index (χ0n) is 18.2. The highest BCUT2D eigenvalue weighted by Gasteiger charge is 2.20. The third kappa shape index (κ3) is 5.75. The molecular weight excluding hydrogens is 376 g/mol. The Labute approximate surface area is 179 Å². The van der Waals surface area contributed by atoms with Crippen LogP contribution in [0.5, 0.6) is 5.75 Å². The largest absolute Gasteiger partial charge is 0.494 e. The van der Waals surface area contributed by atoms with Crippen LogP contribution in [-0.4, -0.2) is 37.0 Å². The van der Waals surface area contributed by atoms with Crippen molar-refractivity contribution >= 4 is 11.9 Å². The van der Waals surface area contributed by atoms with Crippen molar-refractivity contribution in [1.29, 1.82) is 0 Å². The number of nitrogens with zero attached hydrogens (tertiary/aromatic N) is 2. The number of rotatable bonds is 8. The lowest BCUT2D eigenvalue weighted by molar-refractivity contribution is -0.128. The summed E-state index contributed by atoms with van der Waals surface area (Å²) in [6.45, 7) is 7.48. The van der Waals surface area contributed by atoms with Crippen LogP contribution in [0.1, 0.15) is 42.0 Å². The Morgan fingerprint density at radius 1 is 1.10 bits per heavy atom. The quantitative estimate of drug-likeness (QED) is 0.519. The van der Waals surface area contributed by atoms with Crippen LogP contribution >= 0.6 is 0 Å². The fraction of sp³-hybridized carbons (Fsp3) is 0.417. The second-order valence-electron chi connectivity index (χ2n) is 7.51. The van der Waals surface area contributed by atoms with Gasteiger partial charge in [-0.1, -0.05) is 36.4 Å². The third-order valence-corrected chi connectivity index (χ3v) is 5.29. The normalized spacial score (nSPS) is 14.2. The van der Waals surface area contributed by atoms with Crippen LogP contribution in [-0.2, 0) is 24.4 Å². The minimum atomic E-state index is 0.249. The Hall–Kier alpha value is -3.02. The molecule has 0 bridgehead atoms. The van der Waals surface area contributed by atoms with Crippen LogP contribution in [0.4, 0.5) is 0 Å². The SMILES string of the molecule is CCOc1cc(C)ccc1CNC(=NC)NCc1ccccc1CN1CCCC1=O. The maximum absolute atomic E-state index is 12.0. The lowest BCUT2D eigenvalue weighted by Crippen LogP contribution is -2.36. The van der Waals surface area contributed by atoms with Gasteiger partial charge < -0.3 is 20.3 Å². The molecule has 2 N–H and O–H groups in total. The molecule has 1 fully saturated rings. The fourth-order valence-corrected chi connectivity index (χ4v) is 3.64. The molecule has 0 saturated carbocycles. The van der Waals surface area contributed by atoms with E-state index in [2.05, 4.69) is 52.9 Å². The van der Waals surface area contributed by atoms with Gasteiger partial charge in [-0.25, -0.2) is 0 Å². The number of hydrogen-bond acceptors (Lipinski definition) is 3.